The minimum atomic E-state index is -5.08. The number of carbonyl (C=O) groups excluding carboxylic acids is 1. The van der Waals surface area contributed by atoms with E-state index in [2.05, 4.69) is 4.74 Å². The first-order valence-corrected chi connectivity index (χ1v) is 14.5. The van der Waals surface area contributed by atoms with Crippen LogP contribution in [0.15, 0.2) is 52.3 Å². The summed E-state index contributed by atoms with van der Waals surface area (Å²) in [5.41, 5.74) is -1.47. The quantitative estimate of drug-likeness (QED) is 0.454. The fraction of sp³-hybridized carbons (Fsp3) is 0.435. The first-order chi connectivity index (χ1) is 17.3. The Kier molecular flexibility index (Phi) is 8.14. The van der Waals surface area contributed by atoms with E-state index in [9.17, 15) is 48.0 Å². The van der Waals surface area contributed by atoms with Gasteiger partial charge in [0.15, 0.2) is 19.7 Å². The van der Waals surface area contributed by atoms with Crippen molar-refractivity contribution in [1.82, 2.24) is 4.90 Å². The molecule has 2 aromatic carbocycles. The lowest BCUT2D eigenvalue weighted by Crippen LogP contribution is -2.42. The van der Waals surface area contributed by atoms with Gasteiger partial charge in [-0.2, -0.15) is 13.2 Å². The number of hydrogen-bond acceptors (Lipinski definition) is 6. The number of hydrogen-bond donors (Lipinski definition) is 0. The number of amides is 1. The zero-order chi connectivity index (χ0) is 28.7. The highest BCUT2D eigenvalue weighted by Crippen LogP contribution is 2.34. The average Bonchev–Trinajstić information content (AvgIpc) is 2.81. The molecule has 0 aromatic heterocycles. The van der Waals surface area contributed by atoms with Crippen LogP contribution >= 0.6 is 0 Å². The molecule has 1 aliphatic heterocycles. The Morgan fingerprint density at radius 1 is 0.974 bits per heavy atom. The van der Waals surface area contributed by atoms with Gasteiger partial charge in [0.2, 0.25) is 0 Å². The van der Waals surface area contributed by atoms with Crippen LogP contribution in [0, 0.1) is 5.92 Å². The summed E-state index contributed by atoms with van der Waals surface area (Å²) in [6.07, 6.45) is -8.78. The van der Waals surface area contributed by atoms with Crippen molar-refractivity contribution >= 4 is 25.6 Å². The second kappa shape index (κ2) is 10.4. The molecule has 1 heterocycles. The van der Waals surface area contributed by atoms with Crippen LogP contribution in [-0.2, 0) is 25.9 Å². The summed E-state index contributed by atoms with van der Waals surface area (Å²) >= 11 is 0. The van der Waals surface area contributed by atoms with Crippen LogP contribution in [0.25, 0.3) is 0 Å². The minimum Gasteiger partial charge on any atom is -0.406 e. The molecule has 3 rings (SSSR count). The summed E-state index contributed by atoms with van der Waals surface area (Å²) in [5, 5.41) is -1.08. The standard InChI is InChI=1S/C23H23F6NO6S2/c1-14(38(34,35)18-5-3-4-16(12-18)22(24,25)26)15-8-10-30(11-9-15)21(31)19-7-6-17(36-23(27,28)29)13-20(19)37(2,32)33/h3-7,12-15H,8-11H2,1-2H3/t14-/m0/s1. The van der Waals surface area contributed by atoms with Crippen LogP contribution in [0.3, 0.4) is 0 Å². The molecule has 1 amide bonds. The van der Waals surface area contributed by atoms with Crippen LogP contribution in [0.2, 0.25) is 0 Å². The van der Waals surface area contributed by atoms with Gasteiger partial charge in [-0.15, -0.1) is 13.2 Å². The molecule has 2 aromatic rings. The van der Waals surface area contributed by atoms with Gasteiger partial charge in [-0.25, -0.2) is 16.8 Å². The van der Waals surface area contributed by atoms with Crippen molar-refractivity contribution in [3.05, 3.63) is 53.6 Å². The molecule has 0 aliphatic carbocycles. The molecule has 0 spiro atoms. The lowest BCUT2D eigenvalue weighted by Gasteiger charge is -2.35. The molecule has 0 saturated carbocycles. The van der Waals surface area contributed by atoms with E-state index in [4.69, 9.17) is 0 Å². The number of benzene rings is 2. The number of likely N-dealkylation sites (tertiary alicyclic amines) is 1. The van der Waals surface area contributed by atoms with E-state index >= 15 is 0 Å². The van der Waals surface area contributed by atoms with E-state index < -0.39 is 70.4 Å². The number of nitrogens with zero attached hydrogens (tertiary/aromatic N) is 1. The van der Waals surface area contributed by atoms with Gasteiger partial charge >= 0.3 is 12.5 Å². The van der Waals surface area contributed by atoms with Gasteiger partial charge in [0.05, 0.1) is 26.2 Å². The van der Waals surface area contributed by atoms with Crippen molar-refractivity contribution in [1.29, 1.82) is 0 Å². The number of alkyl halides is 6. The maximum absolute atomic E-state index is 13.1. The molecule has 0 bridgehead atoms. The molecule has 1 atom stereocenters. The lowest BCUT2D eigenvalue weighted by atomic mass is 9.93. The summed E-state index contributed by atoms with van der Waals surface area (Å²) in [6.45, 7) is 1.37. The number of halogens is 6. The van der Waals surface area contributed by atoms with Crippen molar-refractivity contribution < 1.29 is 52.7 Å². The summed E-state index contributed by atoms with van der Waals surface area (Å²) in [7, 11) is -8.28. The number of piperidine rings is 1. The molecule has 1 fully saturated rings. The number of sulfone groups is 2. The highest BCUT2D eigenvalue weighted by Gasteiger charge is 2.37. The third kappa shape index (κ3) is 6.79. The molecule has 210 valence electrons. The number of carbonyl (C=O) groups is 1. The van der Waals surface area contributed by atoms with E-state index in [1.165, 1.54) is 11.8 Å². The molecular formula is C23H23F6NO6S2. The van der Waals surface area contributed by atoms with Gasteiger partial charge in [-0.1, -0.05) is 6.07 Å². The first kappa shape index (κ1) is 29.7. The summed E-state index contributed by atoms with van der Waals surface area (Å²) in [6, 6.07) is 5.75. The van der Waals surface area contributed by atoms with Gasteiger partial charge in [0.1, 0.15) is 5.75 Å². The Hall–Kier alpha value is -2.81. The third-order valence-electron chi connectivity index (χ3n) is 6.29. The van der Waals surface area contributed by atoms with Crippen molar-refractivity contribution in [3.63, 3.8) is 0 Å². The lowest BCUT2D eigenvalue weighted by molar-refractivity contribution is -0.274. The monoisotopic (exact) mass is 587 g/mol. The number of rotatable bonds is 6. The molecule has 38 heavy (non-hydrogen) atoms. The van der Waals surface area contributed by atoms with Crippen LogP contribution in [0.5, 0.6) is 5.75 Å². The zero-order valence-electron chi connectivity index (χ0n) is 20.0. The van der Waals surface area contributed by atoms with Crippen molar-refractivity contribution in [3.8, 4) is 5.75 Å². The Labute approximate surface area is 215 Å². The largest absolute Gasteiger partial charge is 0.573 e. The number of ether oxygens (including phenoxy) is 1. The van der Waals surface area contributed by atoms with E-state index in [1.54, 1.807) is 0 Å². The van der Waals surface area contributed by atoms with E-state index in [-0.39, 0.29) is 31.5 Å². The summed E-state index contributed by atoms with van der Waals surface area (Å²) in [5.74, 6) is -2.12. The van der Waals surface area contributed by atoms with Gasteiger partial charge in [-0.05, 0) is 62.1 Å². The Balaban J connectivity index is 1.77. The predicted molar refractivity (Wildman–Crippen MR) is 123 cm³/mol. The van der Waals surface area contributed by atoms with Crippen molar-refractivity contribution in [2.24, 2.45) is 5.92 Å². The molecule has 1 saturated heterocycles. The summed E-state index contributed by atoms with van der Waals surface area (Å²) in [4.78, 5) is 13.2. The van der Waals surface area contributed by atoms with E-state index in [1.807, 2.05) is 0 Å². The van der Waals surface area contributed by atoms with Crippen LogP contribution in [0.4, 0.5) is 26.3 Å². The molecule has 7 nitrogen and oxygen atoms in total. The zero-order valence-corrected chi connectivity index (χ0v) is 21.6. The van der Waals surface area contributed by atoms with Crippen LogP contribution in [0.1, 0.15) is 35.7 Å². The Bertz CT molecular complexity index is 1410. The van der Waals surface area contributed by atoms with Gasteiger partial charge in [0, 0.05) is 19.3 Å². The van der Waals surface area contributed by atoms with Crippen molar-refractivity contribution in [2.45, 2.75) is 47.3 Å². The van der Waals surface area contributed by atoms with E-state index in [0.29, 0.717) is 12.1 Å². The molecular weight excluding hydrogens is 564 g/mol. The van der Waals surface area contributed by atoms with Crippen molar-refractivity contribution in [2.75, 3.05) is 19.3 Å². The minimum absolute atomic E-state index is 0.00401. The fourth-order valence-corrected chi connectivity index (χ4v) is 6.90. The van der Waals surface area contributed by atoms with E-state index in [0.717, 1.165) is 36.6 Å². The smallest absolute Gasteiger partial charge is 0.406 e. The normalized spacial score (nSPS) is 16.8. The van der Waals surface area contributed by atoms with Crippen LogP contribution in [-0.4, -0.2) is 58.6 Å². The highest BCUT2D eigenvalue weighted by molar-refractivity contribution is 7.92. The molecule has 1 aliphatic rings. The highest BCUT2D eigenvalue weighted by atomic mass is 32.2. The topological polar surface area (TPSA) is 97.8 Å². The summed E-state index contributed by atoms with van der Waals surface area (Å²) < 4.78 is 131. The predicted octanol–water partition coefficient (Wildman–Crippen LogP) is 4.72. The Morgan fingerprint density at radius 3 is 2.11 bits per heavy atom. The average molecular weight is 588 g/mol. The third-order valence-corrected chi connectivity index (χ3v) is 9.70. The second-order valence-electron chi connectivity index (χ2n) is 8.88. The second-order valence-corrected chi connectivity index (χ2v) is 13.2. The van der Waals surface area contributed by atoms with Gasteiger partial charge in [0.25, 0.3) is 5.91 Å². The SMILES string of the molecule is C[C@@H](C1CCN(C(=O)c2ccc(OC(F)(F)F)cc2S(C)(=O)=O)CC1)S(=O)(=O)c1cccc(C(F)(F)F)c1. The molecule has 0 unspecified atom stereocenters. The molecule has 15 heteroatoms. The molecule has 0 N–H and O–H groups in total. The van der Waals surface area contributed by atoms with Crippen LogP contribution < -0.4 is 4.74 Å². The Morgan fingerprint density at radius 2 is 1.58 bits per heavy atom. The van der Waals surface area contributed by atoms with Gasteiger partial charge < -0.3 is 9.64 Å². The fourth-order valence-electron chi connectivity index (χ4n) is 4.24. The maximum atomic E-state index is 13.1. The van der Waals surface area contributed by atoms with Gasteiger partial charge in [-0.3, -0.25) is 4.79 Å². The maximum Gasteiger partial charge on any atom is 0.573 e. The first-order valence-electron chi connectivity index (χ1n) is 11.1. The molecule has 0 radical (unpaired) electrons.